The van der Waals surface area contributed by atoms with Gasteiger partial charge in [-0.05, 0) is 42.3 Å². The summed E-state index contributed by atoms with van der Waals surface area (Å²) in [5.74, 6) is -0.601. The predicted molar refractivity (Wildman–Crippen MR) is 110 cm³/mol. The highest BCUT2D eigenvalue weighted by Crippen LogP contribution is 2.28. The molecule has 0 fully saturated rings. The maximum Gasteiger partial charge on any atom is 0.266 e. The van der Waals surface area contributed by atoms with Crippen LogP contribution in [-0.4, -0.2) is 27.9 Å². The van der Waals surface area contributed by atoms with Crippen molar-refractivity contribution in [3.8, 4) is 0 Å². The number of amides is 3. The lowest BCUT2D eigenvalue weighted by Gasteiger charge is -2.14. The average molecular weight is 406 g/mol. The molecule has 7 nitrogen and oxygen atoms in total. The lowest BCUT2D eigenvalue weighted by molar-refractivity contribution is 0.0925. The zero-order valence-electron chi connectivity index (χ0n) is 15.9. The maximum absolute atomic E-state index is 12.6. The zero-order chi connectivity index (χ0) is 20.5. The summed E-state index contributed by atoms with van der Waals surface area (Å²) in [6.07, 6.45) is 0.808. The van der Waals surface area contributed by atoms with Crippen LogP contribution in [0.2, 0.25) is 0 Å². The number of aromatic nitrogens is 2. The Labute approximate surface area is 171 Å². The minimum absolute atomic E-state index is 0.328. The number of hydrogen-bond acceptors (Lipinski definition) is 6. The van der Waals surface area contributed by atoms with Crippen LogP contribution in [0, 0.1) is 5.92 Å². The van der Waals surface area contributed by atoms with Gasteiger partial charge in [0.05, 0.1) is 16.8 Å². The molecule has 0 radical (unpaired) electrons. The molecule has 146 valence electrons. The fourth-order valence-corrected chi connectivity index (χ4v) is 4.04. The maximum atomic E-state index is 12.6. The SMILES string of the molecule is CC(C)Cc1nnc(NC(=O)c2ccc(N3C(=O)c4ccccc4C3=O)cc2)s1. The van der Waals surface area contributed by atoms with Gasteiger partial charge in [-0.15, -0.1) is 10.2 Å². The second kappa shape index (κ2) is 7.56. The number of carbonyl (C=O) groups is 3. The summed E-state index contributed by atoms with van der Waals surface area (Å²) in [4.78, 5) is 38.7. The molecular formula is C21H18N4O3S. The fraction of sp³-hybridized carbons (Fsp3) is 0.190. The minimum Gasteiger partial charge on any atom is -0.296 e. The molecule has 0 saturated carbocycles. The molecular weight excluding hydrogens is 388 g/mol. The van der Waals surface area contributed by atoms with Crippen molar-refractivity contribution in [2.75, 3.05) is 10.2 Å². The van der Waals surface area contributed by atoms with Crippen molar-refractivity contribution in [3.63, 3.8) is 0 Å². The van der Waals surface area contributed by atoms with Gasteiger partial charge in [0, 0.05) is 12.0 Å². The van der Waals surface area contributed by atoms with Crippen molar-refractivity contribution < 1.29 is 14.4 Å². The van der Waals surface area contributed by atoms with Crippen LogP contribution in [0.5, 0.6) is 0 Å². The van der Waals surface area contributed by atoms with E-state index in [4.69, 9.17) is 0 Å². The van der Waals surface area contributed by atoms with E-state index in [0.717, 1.165) is 16.3 Å². The van der Waals surface area contributed by atoms with E-state index in [-0.39, 0.29) is 17.7 Å². The van der Waals surface area contributed by atoms with E-state index in [0.29, 0.717) is 33.4 Å². The molecule has 0 bridgehead atoms. The smallest absolute Gasteiger partial charge is 0.266 e. The van der Waals surface area contributed by atoms with Crippen LogP contribution in [0.4, 0.5) is 10.8 Å². The van der Waals surface area contributed by atoms with Gasteiger partial charge in [-0.2, -0.15) is 0 Å². The molecule has 8 heteroatoms. The highest BCUT2D eigenvalue weighted by molar-refractivity contribution is 7.15. The molecule has 0 aliphatic carbocycles. The van der Waals surface area contributed by atoms with Gasteiger partial charge in [0.2, 0.25) is 5.13 Å². The lowest BCUT2D eigenvalue weighted by atomic mass is 10.1. The van der Waals surface area contributed by atoms with Crippen molar-refractivity contribution in [3.05, 3.63) is 70.2 Å². The monoisotopic (exact) mass is 406 g/mol. The molecule has 3 amide bonds. The standard InChI is InChI=1S/C21H18N4O3S/c1-12(2)11-17-23-24-21(29-17)22-18(26)13-7-9-14(10-8-13)25-19(27)15-5-3-4-6-16(15)20(25)28/h3-10,12H,11H2,1-2H3,(H,22,24,26). The Morgan fingerprint density at radius 2 is 1.62 bits per heavy atom. The van der Waals surface area contributed by atoms with Crippen LogP contribution in [0.15, 0.2) is 48.5 Å². The van der Waals surface area contributed by atoms with Crippen LogP contribution in [0.3, 0.4) is 0 Å². The number of fused-ring (bicyclic) bond motifs is 1. The van der Waals surface area contributed by atoms with Gasteiger partial charge in [0.15, 0.2) is 0 Å². The first-order valence-corrected chi connectivity index (χ1v) is 9.97. The molecule has 1 N–H and O–H groups in total. The first-order valence-electron chi connectivity index (χ1n) is 9.15. The van der Waals surface area contributed by atoms with Crippen LogP contribution in [0.25, 0.3) is 0 Å². The second-order valence-electron chi connectivity index (χ2n) is 7.09. The van der Waals surface area contributed by atoms with Crippen molar-refractivity contribution in [2.45, 2.75) is 20.3 Å². The number of imide groups is 1. The van der Waals surface area contributed by atoms with E-state index >= 15 is 0 Å². The summed E-state index contributed by atoms with van der Waals surface area (Å²) in [6.45, 7) is 4.19. The minimum atomic E-state index is -0.366. The van der Waals surface area contributed by atoms with Gasteiger partial charge in [-0.25, -0.2) is 4.90 Å². The molecule has 0 unspecified atom stereocenters. The molecule has 1 aliphatic rings. The van der Waals surface area contributed by atoms with Crippen LogP contribution in [0.1, 0.15) is 49.9 Å². The lowest BCUT2D eigenvalue weighted by Crippen LogP contribution is -2.29. The summed E-state index contributed by atoms with van der Waals surface area (Å²) in [6, 6.07) is 13.0. The van der Waals surface area contributed by atoms with Crippen LogP contribution in [-0.2, 0) is 6.42 Å². The topological polar surface area (TPSA) is 92.3 Å². The van der Waals surface area contributed by atoms with E-state index in [1.165, 1.54) is 11.3 Å². The summed E-state index contributed by atoms with van der Waals surface area (Å²) >= 11 is 1.35. The normalized spacial score (nSPS) is 13.1. The molecule has 4 rings (SSSR count). The Hall–Kier alpha value is -3.39. The first-order chi connectivity index (χ1) is 13.9. The quantitative estimate of drug-likeness (QED) is 0.651. The number of rotatable bonds is 5. The average Bonchev–Trinajstić information content (AvgIpc) is 3.24. The largest absolute Gasteiger partial charge is 0.296 e. The molecule has 0 saturated heterocycles. The third-order valence-electron chi connectivity index (χ3n) is 4.45. The zero-order valence-corrected chi connectivity index (χ0v) is 16.7. The number of hydrogen-bond donors (Lipinski definition) is 1. The Morgan fingerprint density at radius 1 is 1.00 bits per heavy atom. The van der Waals surface area contributed by atoms with E-state index in [2.05, 4.69) is 29.4 Å². The molecule has 0 spiro atoms. The molecule has 2 heterocycles. The Balaban J connectivity index is 1.48. The molecule has 2 aromatic carbocycles. The number of nitrogens with zero attached hydrogens (tertiary/aromatic N) is 3. The second-order valence-corrected chi connectivity index (χ2v) is 8.15. The van der Waals surface area contributed by atoms with E-state index in [1.54, 1.807) is 48.5 Å². The molecule has 0 atom stereocenters. The number of anilines is 2. The van der Waals surface area contributed by atoms with Crippen molar-refractivity contribution in [1.82, 2.24) is 10.2 Å². The Kier molecular flexibility index (Phi) is 4.94. The van der Waals surface area contributed by atoms with Gasteiger partial charge in [-0.1, -0.05) is 37.3 Å². The van der Waals surface area contributed by atoms with Gasteiger partial charge in [-0.3, -0.25) is 19.7 Å². The summed E-state index contributed by atoms with van der Waals surface area (Å²) in [5.41, 5.74) is 1.58. The highest BCUT2D eigenvalue weighted by atomic mass is 32.1. The summed E-state index contributed by atoms with van der Waals surface area (Å²) in [7, 11) is 0. The first kappa shape index (κ1) is 18.9. The molecule has 1 aromatic heterocycles. The van der Waals surface area contributed by atoms with Crippen molar-refractivity contribution in [1.29, 1.82) is 0 Å². The fourth-order valence-electron chi connectivity index (χ4n) is 3.09. The number of carbonyl (C=O) groups excluding carboxylic acids is 3. The van der Waals surface area contributed by atoms with Crippen molar-refractivity contribution >= 4 is 39.9 Å². The summed E-state index contributed by atoms with van der Waals surface area (Å²) in [5, 5.41) is 12.1. The van der Waals surface area contributed by atoms with Crippen LogP contribution < -0.4 is 10.2 Å². The van der Waals surface area contributed by atoms with Gasteiger partial charge in [0.1, 0.15) is 5.01 Å². The van der Waals surface area contributed by atoms with Crippen molar-refractivity contribution in [2.24, 2.45) is 5.92 Å². The number of benzene rings is 2. The Morgan fingerprint density at radius 3 is 2.21 bits per heavy atom. The van der Waals surface area contributed by atoms with E-state index < -0.39 is 0 Å². The van der Waals surface area contributed by atoms with Gasteiger partial charge in [0.25, 0.3) is 17.7 Å². The van der Waals surface area contributed by atoms with Gasteiger partial charge >= 0.3 is 0 Å². The third kappa shape index (κ3) is 3.66. The van der Waals surface area contributed by atoms with E-state index in [1.807, 2.05) is 0 Å². The van der Waals surface area contributed by atoms with Crippen LogP contribution >= 0.6 is 11.3 Å². The van der Waals surface area contributed by atoms with E-state index in [9.17, 15) is 14.4 Å². The highest BCUT2D eigenvalue weighted by Gasteiger charge is 2.36. The molecule has 29 heavy (non-hydrogen) atoms. The molecule has 3 aromatic rings. The summed E-state index contributed by atoms with van der Waals surface area (Å²) < 4.78 is 0. The Bertz CT molecular complexity index is 1070. The molecule has 1 aliphatic heterocycles. The third-order valence-corrected chi connectivity index (χ3v) is 5.31. The van der Waals surface area contributed by atoms with Gasteiger partial charge < -0.3 is 0 Å². The predicted octanol–water partition coefficient (Wildman–Crippen LogP) is 3.79. The number of nitrogens with one attached hydrogen (secondary N) is 1.